The first-order valence-corrected chi connectivity index (χ1v) is 6.61. The predicted octanol–water partition coefficient (Wildman–Crippen LogP) is 2.44. The van der Waals surface area contributed by atoms with E-state index >= 15 is 0 Å². The standard InChI is InChI=1S/C14H16F2N4O/c1-2-3-19-13-10(15)6-9(7-11(13)16)14(21)20-8-12-17-4-5-18-12/h4-7,19H,2-3,8H2,1H3,(H,17,18)(H,20,21). The maximum absolute atomic E-state index is 13.8. The van der Waals surface area contributed by atoms with Gasteiger partial charge < -0.3 is 15.6 Å². The van der Waals surface area contributed by atoms with Crippen molar-refractivity contribution in [1.82, 2.24) is 15.3 Å². The van der Waals surface area contributed by atoms with Gasteiger partial charge in [-0.2, -0.15) is 0 Å². The fourth-order valence-electron chi connectivity index (χ4n) is 1.78. The molecule has 0 radical (unpaired) electrons. The summed E-state index contributed by atoms with van der Waals surface area (Å²) >= 11 is 0. The molecule has 0 aliphatic rings. The summed E-state index contributed by atoms with van der Waals surface area (Å²) in [4.78, 5) is 18.6. The molecule has 2 aromatic rings. The number of carbonyl (C=O) groups is 1. The molecule has 0 atom stereocenters. The lowest BCUT2D eigenvalue weighted by Crippen LogP contribution is -2.24. The van der Waals surface area contributed by atoms with Crippen LogP contribution in [0.4, 0.5) is 14.5 Å². The van der Waals surface area contributed by atoms with E-state index in [1.54, 1.807) is 12.4 Å². The van der Waals surface area contributed by atoms with Gasteiger partial charge in [0.15, 0.2) is 0 Å². The lowest BCUT2D eigenvalue weighted by Gasteiger charge is -2.10. The molecule has 0 aliphatic heterocycles. The minimum atomic E-state index is -0.786. The predicted molar refractivity (Wildman–Crippen MR) is 74.9 cm³/mol. The molecule has 112 valence electrons. The third kappa shape index (κ3) is 3.77. The fraction of sp³-hybridized carbons (Fsp3) is 0.286. The van der Waals surface area contributed by atoms with Gasteiger partial charge in [-0.05, 0) is 18.6 Å². The van der Waals surface area contributed by atoms with Gasteiger partial charge >= 0.3 is 0 Å². The Balaban J connectivity index is 2.07. The van der Waals surface area contributed by atoms with Gasteiger partial charge in [0, 0.05) is 24.5 Å². The average molecular weight is 294 g/mol. The zero-order valence-corrected chi connectivity index (χ0v) is 11.5. The number of aromatic amines is 1. The smallest absolute Gasteiger partial charge is 0.251 e. The van der Waals surface area contributed by atoms with Gasteiger partial charge in [-0.15, -0.1) is 0 Å². The molecular weight excluding hydrogens is 278 g/mol. The van der Waals surface area contributed by atoms with Crippen LogP contribution < -0.4 is 10.6 Å². The molecule has 7 heteroatoms. The van der Waals surface area contributed by atoms with E-state index in [-0.39, 0.29) is 17.8 Å². The molecule has 0 aliphatic carbocycles. The molecule has 0 spiro atoms. The summed E-state index contributed by atoms with van der Waals surface area (Å²) in [5.41, 5.74) is -0.280. The van der Waals surface area contributed by atoms with E-state index in [4.69, 9.17) is 0 Å². The molecule has 3 N–H and O–H groups in total. The van der Waals surface area contributed by atoms with Gasteiger partial charge in [0.05, 0.1) is 6.54 Å². The quantitative estimate of drug-likeness (QED) is 0.766. The lowest BCUT2D eigenvalue weighted by atomic mass is 10.1. The molecule has 0 unspecified atom stereocenters. The number of H-pyrrole nitrogens is 1. The molecule has 1 heterocycles. The average Bonchev–Trinajstić information content (AvgIpc) is 2.97. The second-order valence-corrected chi connectivity index (χ2v) is 4.46. The highest BCUT2D eigenvalue weighted by Crippen LogP contribution is 2.20. The minimum Gasteiger partial charge on any atom is -0.380 e. The van der Waals surface area contributed by atoms with Crippen LogP contribution in [0.5, 0.6) is 0 Å². The molecule has 1 aromatic heterocycles. The Kier molecular flexibility index (Phi) is 4.86. The second kappa shape index (κ2) is 6.83. The van der Waals surface area contributed by atoms with E-state index in [0.29, 0.717) is 12.4 Å². The number of amides is 1. The van der Waals surface area contributed by atoms with Gasteiger partial charge in [-0.1, -0.05) is 6.92 Å². The maximum Gasteiger partial charge on any atom is 0.251 e. The highest BCUT2D eigenvalue weighted by atomic mass is 19.1. The van der Waals surface area contributed by atoms with Crippen LogP contribution in [0, 0.1) is 11.6 Å². The Hall–Kier alpha value is -2.44. The van der Waals surface area contributed by atoms with Gasteiger partial charge in [0.25, 0.3) is 5.91 Å². The van der Waals surface area contributed by atoms with Crippen LogP contribution >= 0.6 is 0 Å². The van der Waals surface area contributed by atoms with Crippen molar-refractivity contribution in [2.45, 2.75) is 19.9 Å². The third-order valence-corrected chi connectivity index (χ3v) is 2.83. The fourth-order valence-corrected chi connectivity index (χ4v) is 1.78. The van der Waals surface area contributed by atoms with Crippen molar-refractivity contribution in [2.24, 2.45) is 0 Å². The van der Waals surface area contributed by atoms with Crippen LogP contribution in [0.3, 0.4) is 0 Å². The minimum absolute atomic E-state index is 0.0707. The maximum atomic E-state index is 13.8. The third-order valence-electron chi connectivity index (χ3n) is 2.83. The monoisotopic (exact) mass is 294 g/mol. The molecule has 1 amide bonds. The van der Waals surface area contributed by atoms with Crippen molar-refractivity contribution in [2.75, 3.05) is 11.9 Å². The topological polar surface area (TPSA) is 69.8 Å². The normalized spacial score (nSPS) is 10.4. The summed E-state index contributed by atoms with van der Waals surface area (Å²) in [5.74, 6) is -1.57. The summed E-state index contributed by atoms with van der Waals surface area (Å²) in [6.45, 7) is 2.50. The number of rotatable bonds is 6. The number of anilines is 1. The second-order valence-electron chi connectivity index (χ2n) is 4.46. The first-order chi connectivity index (χ1) is 10.1. The van der Waals surface area contributed by atoms with Crippen molar-refractivity contribution >= 4 is 11.6 Å². The van der Waals surface area contributed by atoms with Crippen molar-refractivity contribution < 1.29 is 13.6 Å². The Morgan fingerprint density at radius 2 is 2.05 bits per heavy atom. The van der Waals surface area contributed by atoms with E-state index in [9.17, 15) is 13.6 Å². The number of nitrogens with one attached hydrogen (secondary N) is 3. The lowest BCUT2D eigenvalue weighted by molar-refractivity contribution is 0.0949. The summed E-state index contributed by atoms with van der Waals surface area (Å²) in [6, 6.07) is 2.02. The first kappa shape index (κ1) is 15.0. The van der Waals surface area contributed by atoms with Crippen molar-refractivity contribution in [3.05, 3.63) is 47.5 Å². The van der Waals surface area contributed by atoms with E-state index in [2.05, 4.69) is 20.6 Å². The number of halogens is 2. The molecule has 21 heavy (non-hydrogen) atoms. The highest BCUT2D eigenvalue weighted by Gasteiger charge is 2.15. The Morgan fingerprint density at radius 1 is 1.33 bits per heavy atom. The zero-order chi connectivity index (χ0) is 15.2. The number of imidazole rings is 1. The molecule has 0 bridgehead atoms. The molecular formula is C14H16F2N4O. The number of aromatic nitrogens is 2. The van der Waals surface area contributed by atoms with Gasteiger partial charge in [0.1, 0.15) is 23.1 Å². The van der Waals surface area contributed by atoms with Crippen LogP contribution in [-0.2, 0) is 6.54 Å². The Morgan fingerprint density at radius 3 is 2.62 bits per heavy atom. The molecule has 0 saturated heterocycles. The summed E-state index contributed by atoms with van der Waals surface area (Å²) < 4.78 is 27.6. The first-order valence-electron chi connectivity index (χ1n) is 6.61. The molecule has 1 aromatic carbocycles. The molecule has 0 saturated carbocycles. The number of benzene rings is 1. The van der Waals surface area contributed by atoms with Crippen LogP contribution in [0.2, 0.25) is 0 Å². The SMILES string of the molecule is CCCNc1c(F)cc(C(=O)NCc2ncc[nH]2)cc1F. The van der Waals surface area contributed by atoms with E-state index in [0.717, 1.165) is 18.6 Å². The zero-order valence-electron chi connectivity index (χ0n) is 11.5. The highest BCUT2D eigenvalue weighted by molar-refractivity contribution is 5.94. The van der Waals surface area contributed by atoms with Crippen LogP contribution in [0.1, 0.15) is 29.5 Å². The van der Waals surface area contributed by atoms with Crippen molar-refractivity contribution in [3.8, 4) is 0 Å². The van der Waals surface area contributed by atoms with E-state index in [1.165, 1.54) is 0 Å². The van der Waals surface area contributed by atoms with Crippen molar-refractivity contribution in [3.63, 3.8) is 0 Å². The van der Waals surface area contributed by atoms with E-state index in [1.807, 2.05) is 6.92 Å². The molecule has 5 nitrogen and oxygen atoms in total. The molecule has 0 fully saturated rings. The number of hydrogen-bond donors (Lipinski definition) is 3. The van der Waals surface area contributed by atoms with Gasteiger partial charge in [-0.25, -0.2) is 13.8 Å². The van der Waals surface area contributed by atoms with E-state index < -0.39 is 17.5 Å². The Bertz CT molecular complexity index is 590. The van der Waals surface area contributed by atoms with Gasteiger partial charge in [-0.3, -0.25) is 4.79 Å². The van der Waals surface area contributed by atoms with Crippen molar-refractivity contribution in [1.29, 1.82) is 0 Å². The summed E-state index contributed by atoms with van der Waals surface area (Å²) in [5, 5.41) is 5.19. The summed E-state index contributed by atoms with van der Waals surface area (Å²) in [7, 11) is 0. The summed E-state index contributed by atoms with van der Waals surface area (Å²) in [6.07, 6.45) is 3.91. The van der Waals surface area contributed by atoms with Gasteiger partial charge in [0.2, 0.25) is 0 Å². The largest absolute Gasteiger partial charge is 0.380 e. The van der Waals surface area contributed by atoms with Crippen LogP contribution in [-0.4, -0.2) is 22.4 Å². The molecule has 2 rings (SSSR count). The Labute approximate surface area is 120 Å². The number of nitrogens with zero attached hydrogens (tertiary/aromatic N) is 1. The van der Waals surface area contributed by atoms with Crippen LogP contribution in [0.15, 0.2) is 24.5 Å². The number of hydrogen-bond acceptors (Lipinski definition) is 3. The van der Waals surface area contributed by atoms with Crippen LogP contribution in [0.25, 0.3) is 0 Å². The number of carbonyl (C=O) groups excluding carboxylic acids is 1.